The molecule has 0 aromatic heterocycles. The van der Waals surface area contributed by atoms with Crippen molar-refractivity contribution in [1.29, 1.82) is 0 Å². The molecule has 0 aliphatic heterocycles. The lowest BCUT2D eigenvalue weighted by Gasteiger charge is -2.21. The molecule has 25 heavy (non-hydrogen) atoms. The van der Waals surface area contributed by atoms with Crippen LogP contribution < -0.4 is 0 Å². The maximum Gasteiger partial charge on any atom is 0.144 e. The van der Waals surface area contributed by atoms with Crippen molar-refractivity contribution in [2.24, 2.45) is 5.41 Å². The van der Waals surface area contributed by atoms with Gasteiger partial charge >= 0.3 is 0 Å². The van der Waals surface area contributed by atoms with Crippen LogP contribution in [0.25, 0.3) is 12.2 Å². The van der Waals surface area contributed by atoms with Crippen molar-refractivity contribution in [2.45, 2.75) is 26.7 Å². The van der Waals surface area contributed by atoms with Crippen LogP contribution in [0.2, 0.25) is 0 Å². The Balaban J connectivity index is 2.09. The Bertz CT molecular complexity index is 769. The molecule has 0 bridgehead atoms. The molecule has 0 spiro atoms. The van der Waals surface area contributed by atoms with Gasteiger partial charge in [0.1, 0.15) is 11.6 Å². The summed E-state index contributed by atoms with van der Waals surface area (Å²) in [4.78, 5) is 24.7. The Morgan fingerprint density at radius 2 is 1.08 bits per heavy atom. The highest BCUT2D eigenvalue weighted by atomic mass is 16.2. The third kappa shape index (κ3) is 3.53. The monoisotopic (exact) mass is 330 g/mol. The van der Waals surface area contributed by atoms with E-state index in [0.717, 1.165) is 22.3 Å². The minimum atomic E-state index is -0.915. The second-order valence-corrected chi connectivity index (χ2v) is 6.71. The Morgan fingerprint density at radius 3 is 1.40 bits per heavy atom. The molecule has 0 N–H and O–H groups in total. The first-order chi connectivity index (χ1) is 12.0. The van der Waals surface area contributed by atoms with Crippen LogP contribution >= 0.6 is 0 Å². The van der Waals surface area contributed by atoms with E-state index in [4.69, 9.17) is 0 Å². The summed E-state index contributed by atoms with van der Waals surface area (Å²) in [6.07, 6.45) is 5.15. The van der Waals surface area contributed by atoms with Gasteiger partial charge in [0, 0.05) is 0 Å². The number of hydrogen-bond acceptors (Lipinski definition) is 2. The van der Waals surface area contributed by atoms with E-state index in [2.05, 4.69) is 12.2 Å². The summed E-state index contributed by atoms with van der Waals surface area (Å²) in [5.74, 6) is -0.0918. The molecule has 1 saturated carbocycles. The van der Waals surface area contributed by atoms with Gasteiger partial charge in [-0.3, -0.25) is 9.59 Å². The Labute approximate surface area is 148 Å². The van der Waals surface area contributed by atoms with Crippen LogP contribution in [-0.4, -0.2) is 11.6 Å². The molecule has 126 valence electrons. The first-order valence-corrected chi connectivity index (χ1v) is 8.55. The zero-order chi connectivity index (χ0) is 17.9. The van der Waals surface area contributed by atoms with Crippen molar-refractivity contribution in [2.75, 3.05) is 0 Å². The molecule has 1 aliphatic carbocycles. The van der Waals surface area contributed by atoms with E-state index in [1.165, 1.54) is 13.8 Å². The molecule has 0 radical (unpaired) electrons. The third-order valence-corrected chi connectivity index (χ3v) is 5.03. The number of benzene rings is 2. The molecule has 0 unspecified atom stereocenters. The lowest BCUT2D eigenvalue weighted by atomic mass is 9.78. The predicted molar refractivity (Wildman–Crippen MR) is 102 cm³/mol. The van der Waals surface area contributed by atoms with Gasteiger partial charge in [-0.2, -0.15) is 0 Å². The van der Waals surface area contributed by atoms with Gasteiger partial charge in [-0.25, -0.2) is 0 Å². The van der Waals surface area contributed by atoms with Gasteiger partial charge in [0.05, 0.1) is 5.41 Å². The van der Waals surface area contributed by atoms with Crippen LogP contribution in [0.5, 0.6) is 0 Å². The summed E-state index contributed by atoms with van der Waals surface area (Å²) >= 11 is 0. The van der Waals surface area contributed by atoms with Gasteiger partial charge < -0.3 is 0 Å². The molecule has 2 heteroatoms. The van der Waals surface area contributed by atoms with E-state index >= 15 is 0 Å². The SMILES string of the molecule is CC(=O)C1(C(C)=O)CC(=C/c2ccccc2)/C(=C/c2ccccc2)C1. The van der Waals surface area contributed by atoms with E-state index in [1.807, 2.05) is 60.7 Å². The normalized spacial score (nSPS) is 19.3. The lowest BCUT2D eigenvalue weighted by molar-refractivity contribution is -0.137. The number of carbonyl (C=O) groups is 2. The minimum absolute atomic E-state index is 0.0459. The summed E-state index contributed by atoms with van der Waals surface area (Å²) in [6, 6.07) is 20.1. The zero-order valence-electron chi connectivity index (χ0n) is 14.7. The van der Waals surface area contributed by atoms with Crippen LogP contribution in [0.3, 0.4) is 0 Å². The zero-order valence-corrected chi connectivity index (χ0v) is 14.7. The first-order valence-electron chi connectivity index (χ1n) is 8.55. The number of hydrogen-bond donors (Lipinski definition) is 0. The van der Waals surface area contributed by atoms with E-state index < -0.39 is 5.41 Å². The molecule has 3 rings (SSSR count). The molecule has 0 atom stereocenters. The highest BCUT2D eigenvalue weighted by Crippen LogP contribution is 2.47. The average Bonchev–Trinajstić information content (AvgIpc) is 2.96. The van der Waals surface area contributed by atoms with Gasteiger partial charge in [-0.05, 0) is 49.0 Å². The van der Waals surface area contributed by atoms with Gasteiger partial charge in [-0.15, -0.1) is 0 Å². The molecule has 1 fully saturated rings. The number of Topliss-reactive ketones (excluding diaryl/α,β-unsaturated/α-hetero) is 2. The summed E-state index contributed by atoms with van der Waals surface area (Å²) < 4.78 is 0. The molecule has 0 heterocycles. The molecule has 0 amide bonds. The van der Waals surface area contributed by atoms with E-state index in [9.17, 15) is 9.59 Å². The topological polar surface area (TPSA) is 34.1 Å². The van der Waals surface area contributed by atoms with Crippen molar-refractivity contribution in [3.8, 4) is 0 Å². The number of carbonyl (C=O) groups excluding carboxylic acids is 2. The number of rotatable bonds is 4. The fraction of sp³-hybridized carbons (Fsp3) is 0.217. The van der Waals surface area contributed by atoms with Crippen LogP contribution in [0.15, 0.2) is 71.8 Å². The molecule has 2 aromatic carbocycles. The van der Waals surface area contributed by atoms with Crippen molar-refractivity contribution >= 4 is 23.7 Å². The number of allylic oxidation sites excluding steroid dienone is 2. The van der Waals surface area contributed by atoms with Crippen molar-refractivity contribution in [3.05, 3.63) is 82.9 Å². The van der Waals surface area contributed by atoms with Crippen LogP contribution in [0, 0.1) is 5.41 Å². The Morgan fingerprint density at radius 1 is 0.720 bits per heavy atom. The molecular formula is C23H22O2. The quantitative estimate of drug-likeness (QED) is 0.730. The smallest absolute Gasteiger partial charge is 0.144 e. The molecular weight excluding hydrogens is 308 g/mol. The van der Waals surface area contributed by atoms with Gasteiger partial charge in [-0.1, -0.05) is 72.8 Å². The van der Waals surface area contributed by atoms with E-state index in [-0.39, 0.29) is 11.6 Å². The van der Waals surface area contributed by atoms with Gasteiger partial charge in [0.25, 0.3) is 0 Å². The van der Waals surface area contributed by atoms with Gasteiger partial charge in [0.2, 0.25) is 0 Å². The fourth-order valence-corrected chi connectivity index (χ4v) is 3.47. The molecule has 1 aliphatic rings. The second-order valence-electron chi connectivity index (χ2n) is 6.71. The summed E-state index contributed by atoms with van der Waals surface area (Å²) in [6.45, 7) is 3.07. The average molecular weight is 330 g/mol. The second kappa shape index (κ2) is 7.02. The lowest BCUT2D eigenvalue weighted by Crippen LogP contribution is -2.33. The van der Waals surface area contributed by atoms with Crippen molar-refractivity contribution in [1.82, 2.24) is 0 Å². The Hall–Kier alpha value is -2.74. The maximum absolute atomic E-state index is 12.3. The molecule has 0 saturated heterocycles. The Kier molecular flexibility index (Phi) is 4.80. The standard InChI is InChI=1S/C23H22O2/c1-17(24)23(18(2)25)15-21(13-19-9-5-3-6-10-19)22(16-23)14-20-11-7-4-8-12-20/h3-14H,15-16H2,1-2H3/b21-13-,22-14+. The van der Waals surface area contributed by atoms with E-state index in [0.29, 0.717) is 12.8 Å². The summed E-state index contributed by atoms with van der Waals surface area (Å²) in [7, 11) is 0. The van der Waals surface area contributed by atoms with Gasteiger partial charge in [0.15, 0.2) is 0 Å². The number of ketones is 2. The molecule has 2 aromatic rings. The van der Waals surface area contributed by atoms with Crippen LogP contribution in [0.4, 0.5) is 0 Å². The summed E-state index contributed by atoms with van der Waals surface area (Å²) in [5.41, 5.74) is 3.39. The largest absolute Gasteiger partial charge is 0.299 e. The van der Waals surface area contributed by atoms with Crippen molar-refractivity contribution < 1.29 is 9.59 Å². The van der Waals surface area contributed by atoms with Crippen LogP contribution in [-0.2, 0) is 9.59 Å². The van der Waals surface area contributed by atoms with Crippen LogP contribution in [0.1, 0.15) is 37.8 Å². The fourth-order valence-electron chi connectivity index (χ4n) is 3.47. The van der Waals surface area contributed by atoms with E-state index in [1.54, 1.807) is 0 Å². The highest BCUT2D eigenvalue weighted by molar-refractivity contribution is 6.07. The highest BCUT2D eigenvalue weighted by Gasteiger charge is 2.46. The maximum atomic E-state index is 12.3. The molecule has 2 nitrogen and oxygen atoms in total. The first kappa shape index (κ1) is 17.1. The predicted octanol–water partition coefficient (Wildman–Crippen LogP) is 5.11. The minimum Gasteiger partial charge on any atom is -0.299 e. The summed E-state index contributed by atoms with van der Waals surface area (Å²) in [5, 5.41) is 0. The van der Waals surface area contributed by atoms with Crippen molar-refractivity contribution in [3.63, 3.8) is 0 Å². The third-order valence-electron chi connectivity index (χ3n) is 5.03.